The Kier molecular flexibility index (Phi) is 5.46. The summed E-state index contributed by atoms with van der Waals surface area (Å²) in [6, 6.07) is 47.9. The fourth-order valence-electron chi connectivity index (χ4n) is 6.01. The van der Waals surface area contributed by atoms with E-state index in [4.69, 9.17) is 4.98 Å². The van der Waals surface area contributed by atoms with Crippen LogP contribution in [0, 0.1) is 0 Å². The van der Waals surface area contributed by atoms with E-state index in [2.05, 4.69) is 132 Å². The molecule has 0 saturated carbocycles. The molecule has 2 aromatic heterocycles. The fourth-order valence-corrected chi connectivity index (χ4v) is 6.01. The summed E-state index contributed by atoms with van der Waals surface area (Å²) in [5, 5.41) is 5.04. The highest BCUT2D eigenvalue weighted by Gasteiger charge is 2.17. The molecule has 2 heterocycles. The summed E-state index contributed by atoms with van der Waals surface area (Å²) in [4.78, 5) is 8.96. The van der Waals surface area contributed by atoms with Gasteiger partial charge in [0.1, 0.15) is 12.0 Å². The average Bonchev–Trinajstić information content (AvgIpc) is 3.49. The zero-order chi connectivity index (χ0) is 27.2. The molecule has 0 saturated heterocycles. The molecule has 0 radical (unpaired) electrons. The van der Waals surface area contributed by atoms with Crippen molar-refractivity contribution in [2.45, 2.75) is 0 Å². The first-order chi connectivity index (χ1) is 20.3. The summed E-state index contributed by atoms with van der Waals surface area (Å²) in [7, 11) is 0. The van der Waals surface area contributed by atoms with Gasteiger partial charge in [-0.15, -0.1) is 0 Å². The van der Waals surface area contributed by atoms with E-state index >= 15 is 0 Å². The SMILES string of the molecule is c1ccc(-c2c3ccccc3c(-c3ccccc3)c3cc(-c4ccc(-c5cn6cnccc6n5)cc4)ccc23)cc1. The van der Waals surface area contributed by atoms with Gasteiger partial charge in [-0.05, 0) is 67.1 Å². The summed E-state index contributed by atoms with van der Waals surface area (Å²) in [5.41, 5.74) is 10.3. The van der Waals surface area contributed by atoms with Crippen LogP contribution in [-0.4, -0.2) is 14.4 Å². The van der Waals surface area contributed by atoms with E-state index in [0.717, 1.165) is 16.9 Å². The van der Waals surface area contributed by atoms with Gasteiger partial charge in [-0.2, -0.15) is 0 Å². The zero-order valence-corrected chi connectivity index (χ0v) is 22.3. The predicted octanol–water partition coefficient (Wildman–Crippen LogP) is 9.70. The summed E-state index contributed by atoms with van der Waals surface area (Å²) in [5.74, 6) is 0. The van der Waals surface area contributed by atoms with Gasteiger partial charge in [0.05, 0.1) is 5.69 Å². The molecule has 0 spiro atoms. The second-order valence-corrected chi connectivity index (χ2v) is 10.3. The van der Waals surface area contributed by atoms with Gasteiger partial charge >= 0.3 is 0 Å². The first kappa shape index (κ1) is 23.4. The monoisotopic (exact) mass is 523 g/mol. The number of imidazole rings is 1. The molecule has 0 unspecified atom stereocenters. The second kappa shape index (κ2) is 9.58. The quantitative estimate of drug-likeness (QED) is 0.215. The number of nitrogens with zero attached hydrogens (tertiary/aromatic N) is 3. The van der Waals surface area contributed by atoms with E-state index in [-0.39, 0.29) is 0 Å². The minimum Gasteiger partial charge on any atom is -0.290 e. The molecule has 8 rings (SSSR count). The standard InChI is InChI=1S/C38H25N3/c1-3-9-28(10-4-1)37-31-13-7-8-14-32(31)38(29-11-5-2-6-12-29)34-23-30(19-20-33(34)37)26-15-17-27(18-16-26)35-24-41-25-39-22-21-36(41)40-35/h1-25H. The molecule has 6 aromatic carbocycles. The van der Waals surface area contributed by atoms with Gasteiger partial charge in [-0.3, -0.25) is 4.40 Å². The van der Waals surface area contributed by atoms with Crippen LogP contribution in [0.5, 0.6) is 0 Å². The van der Waals surface area contributed by atoms with Crippen molar-refractivity contribution in [3.63, 3.8) is 0 Å². The third-order valence-corrected chi connectivity index (χ3v) is 7.92. The van der Waals surface area contributed by atoms with Crippen LogP contribution >= 0.6 is 0 Å². The first-order valence-corrected chi connectivity index (χ1v) is 13.8. The van der Waals surface area contributed by atoms with Crippen molar-refractivity contribution < 1.29 is 0 Å². The van der Waals surface area contributed by atoms with Crippen molar-refractivity contribution in [2.24, 2.45) is 0 Å². The number of benzene rings is 6. The van der Waals surface area contributed by atoms with Crippen LogP contribution < -0.4 is 0 Å². The maximum atomic E-state index is 4.76. The Hall–Kier alpha value is -5.54. The summed E-state index contributed by atoms with van der Waals surface area (Å²) >= 11 is 0. The van der Waals surface area contributed by atoms with E-state index < -0.39 is 0 Å². The zero-order valence-electron chi connectivity index (χ0n) is 22.3. The highest BCUT2D eigenvalue weighted by Crippen LogP contribution is 2.44. The molecule has 0 bridgehead atoms. The van der Waals surface area contributed by atoms with Crippen LogP contribution in [0.1, 0.15) is 0 Å². The molecular weight excluding hydrogens is 498 g/mol. The van der Waals surface area contributed by atoms with Crippen LogP contribution in [0.25, 0.3) is 71.8 Å². The number of fused-ring (bicyclic) bond motifs is 3. The number of hydrogen-bond donors (Lipinski definition) is 0. The Morgan fingerprint density at radius 3 is 1.66 bits per heavy atom. The minimum absolute atomic E-state index is 0.892. The topological polar surface area (TPSA) is 30.2 Å². The summed E-state index contributed by atoms with van der Waals surface area (Å²) < 4.78 is 1.95. The van der Waals surface area contributed by atoms with Crippen molar-refractivity contribution in [3.8, 4) is 44.6 Å². The lowest BCUT2D eigenvalue weighted by atomic mass is 9.85. The van der Waals surface area contributed by atoms with Gasteiger partial charge in [-0.25, -0.2) is 9.97 Å². The van der Waals surface area contributed by atoms with Crippen molar-refractivity contribution in [1.82, 2.24) is 14.4 Å². The molecule has 0 fully saturated rings. The predicted molar refractivity (Wildman–Crippen MR) is 170 cm³/mol. The molecule has 0 aliphatic heterocycles. The lowest BCUT2D eigenvalue weighted by Gasteiger charge is -2.18. The summed E-state index contributed by atoms with van der Waals surface area (Å²) in [6.07, 6.45) is 5.58. The normalized spacial score (nSPS) is 11.4. The van der Waals surface area contributed by atoms with Crippen LogP contribution in [0.3, 0.4) is 0 Å². The van der Waals surface area contributed by atoms with Gasteiger partial charge in [0.2, 0.25) is 0 Å². The third kappa shape index (κ3) is 3.98. The Bertz CT molecular complexity index is 2150. The maximum Gasteiger partial charge on any atom is 0.140 e. The highest BCUT2D eigenvalue weighted by atomic mass is 15.0. The number of aromatic nitrogens is 3. The molecule has 192 valence electrons. The molecule has 0 N–H and O–H groups in total. The largest absolute Gasteiger partial charge is 0.290 e. The Morgan fingerprint density at radius 1 is 0.439 bits per heavy atom. The number of rotatable bonds is 4. The van der Waals surface area contributed by atoms with Crippen molar-refractivity contribution >= 4 is 27.2 Å². The molecule has 0 amide bonds. The smallest absolute Gasteiger partial charge is 0.140 e. The Morgan fingerprint density at radius 2 is 1.00 bits per heavy atom. The average molecular weight is 524 g/mol. The minimum atomic E-state index is 0.892. The summed E-state index contributed by atoms with van der Waals surface area (Å²) in [6.45, 7) is 0. The highest BCUT2D eigenvalue weighted by molar-refractivity contribution is 6.21. The van der Waals surface area contributed by atoms with Gasteiger partial charge in [0.25, 0.3) is 0 Å². The van der Waals surface area contributed by atoms with Crippen molar-refractivity contribution in [3.05, 3.63) is 152 Å². The maximum absolute atomic E-state index is 4.76. The van der Waals surface area contributed by atoms with Crippen LogP contribution in [0.2, 0.25) is 0 Å². The second-order valence-electron chi connectivity index (χ2n) is 10.3. The fraction of sp³-hybridized carbons (Fsp3) is 0. The van der Waals surface area contributed by atoms with E-state index in [1.807, 2.05) is 16.7 Å². The number of hydrogen-bond acceptors (Lipinski definition) is 2. The van der Waals surface area contributed by atoms with E-state index in [1.165, 1.54) is 54.9 Å². The Labute approximate surface area is 238 Å². The molecule has 8 aromatic rings. The van der Waals surface area contributed by atoms with Gasteiger partial charge < -0.3 is 0 Å². The lowest BCUT2D eigenvalue weighted by molar-refractivity contribution is 1.09. The van der Waals surface area contributed by atoms with Gasteiger partial charge in [-0.1, -0.05) is 121 Å². The Balaban J connectivity index is 1.34. The molecular formula is C38H25N3. The van der Waals surface area contributed by atoms with E-state index in [0.29, 0.717) is 0 Å². The van der Waals surface area contributed by atoms with Crippen LogP contribution in [-0.2, 0) is 0 Å². The molecule has 3 heteroatoms. The van der Waals surface area contributed by atoms with E-state index in [9.17, 15) is 0 Å². The molecule has 3 nitrogen and oxygen atoms in total. The molecule has 0 aliphatic rings. The van der Waals surface area contributed by atoms with Crippen molar-refractivity contribution in [1.29, 1.82) is 0 Å². The van der Waals surface area contributed by atoms with Gasteiger partial charge in [0.15, 0.2) is 0 Å². The first-order valence-electron chi connectivity index (χ1n) is 13.8. The lowest BCUT2D eigenvalue weighted by Crippen LogP contribution is -1.91. The van der Waals surface area contributed by atoms with Crippen LogP contribution in [0.4, 0.5) is 0 Å². The molecule has 41 heavy (non-hydrogen) atoms. The third-order valence-electron chi connectivity index (χ3n) is 7.92. The molecule has 0 atom stereocenters. The van der Waals surface area contributed by atoms with Crippen molar-refractivity contribution in [2.75, 3.05) is 0 Å². The van der Waals surface area contributed by atoms with Gasteiger partial charge in [0, 0.05) is 18.0 Å². The molecule has 0 aliphatic carbocycles. The van der Waals surface area contributed by atoms with E-state index in [1.54, 1.807) is 12.5 Å². The van der Waals surface area contributed by atoms with Crippen LogP contribution in [0.15, 0.2) is 152 Å².